The van der Waals surface area contributed by atoms with Gasteiger partial charge in [-0.1, -0.05) is 24.3 Å². The molecule has 6 heteroatoms. The van der Waals surface area contributed by atoms with Crippen molar-refractivity contribution in [3.8, 4) is 11.5 Å². The second kappa shape index (κ2) is 11.7. The minimum absolute atomic E-state index is 0.176. The highest BCUT2D eigenvalue weighted by molar-refractivity contribution is 5.73. The summed E-state index contributed by atoms with van der Waals surface area (Å²) in [6.07, 6.45) is 0.982. The summed E-state index contributed by atoms with van der Waals surface area (Å²) in [4.78, 5) is 15.7. The van der Waals surface area contributed by atoms with Crippen LogP contribution in [0.25, 0.3) is 0 Å². The van der Waals surface area contributed by atoms with E-state index in [0.717, 1.165) is 57.2 Å². The van der Waals surface area contributed by atoms with Gasteiger partial charge in [0.2, 0.25) is 5.91 Å². The molecule has 2 aromatic rings. The standard InChI is InChI=1S/C25H35N3O3/c1-20(23-8-5-9-24(18-23)30-3)26-19-22-7-4-10-25(17-22)31-16-6-11-27-12-14-28(15-13-27)21(2)29/h4-5,7-10,17-18,20,26H,6,11-16,19H2,1-3H3/t20-/m0/s1. The van der Waals surface area contributed by atoms with E-state index >= 15 is 0 Å². The number of nitrogens with one attached hydrogen (secondary N) is 1. The molecule has 1 amide bonds. The second-order valence-corrected chi connectivity index (χ2v) is 8.08. The van der Waals surface area contributed by atoms with Crippen molar-refractivity contribution in [2.45, 2.75) is 32.9 Å². The number of carbonyl (C=O) groups excluding carboxylic acids is 1. The van der Waals surface area contributed by atoms with Gasteiger partial charge in [0.05, 0.1) is 13.7 Å². The number of ether oxygens (including phenoxy) is 2. The molecule has 0 aromatic heterocycles. The summed E-state index contributed by atoms with van der Waals surface area (Å²) in [7, 11) is 1.69. The normalized spacial score (nSPS) is 15.5. The Labute approximate surface area is 186 Å². The van der Waals surface area contributed by atoms with Crippen molar-refractivity contribution in [3.05, 3.63) is 59.7 Å². The number of nitrogens with zero attached hydrogens (tertiary/aromatic N) is 2. The van der Waals surface area contributed by atoms with Crippen molar-refractivity contribution in [3.63, 3.8) is 0 Å². The fourth-order valence-corrected chi connectivity index (χ4v) is 3.81. The Bertz CT molecular complexity index is 834. The van der Waals surface area contributed by atoms with Gasteiger partial charge in [0.15, 0.2) is 0 Å². The molecule has 1 atom stereocenters. The summed E-state index contributed by atoms with van der Waals surface area (Å²) in [5, 5.41) is 3.57. The highest BCUT2D eigenvalue weighted by atomic mass is 16.5. The summed E-state index contributed by atoms with van der Waals surface area (Å²) in [5.74, 6) is 1.97. The molecule has 1 heterocycles. The van der Waals surface area contributed by atoms with Crippen LogP contribution in [0.1, 0.15) is 37.4 Å². The SMILES string of the molecule is COc1cccc([C@H](C)NCc2cccc(OCCCN3CCN(C(C)=O)CC3)c2)c1. The van der Waals surface area contributed by atoms with E-state index in [1.807, 2.05) is 29.2 Å². The van der Waals surface area contributed by atoms with Gasteiger partial charge in [-0.25, -0.2) is 0 Å². The molecule has 1 aliphatic rings. The van der Waals surface area contributed by atoms with Crippen LogP contribution in [0.15, 0.2) is 48.5 Å². The smallest absolute Gasteiger partial charge is 0.219 e. The van der Waals surface area contributed by atoms with Crippen LogP contribution in [-0.2, 0) is 11.3 Å². The van der Waals surface area contributed by atoms with Crippen LogP contribution < -0.4 is 14.8 Å². The van der Waals surface area contributed by atoms with E-state index in [4.69, 9.17) is 9.47 Å². The maximum Gasteiger partial charge on any atom is 0.219 e. The number of amides is 1. The van der Waals surface area contributed by atoms with Gasteiger partial charge in [-0.15, -0.1) is 0 Å². The molecule has 0 spiro atoms. The lowest BCUT2D eigenvalue weighted by atomic mass is 10.1. The highest BCUT2D eigenvalue weighted by Crippen LogP contribution is 2.20. The number of carbonyl (C=O) groups is 1. The van der Waals surface area contributed by atoms with E-state index < -0.39 is 0 Å². The number of hydrogen-bond acceptors (Lipinski definition) is 5. The summed E-state index contributed by atoms with van der Waals surface area (Å²) >= 11 is 0. The van der Waals surface area contributed by atoms with Crippen molar-refractivity contribution >= 4 is 5.91 Å². The third kappa shape index (κ3) is 7.26. The van der Waals surface area contributed by atoms with Gasteiger partial charge in [-0.3, -0.25) is 9.69 Å². The first-order valence-corrected chi connectivity index (χ1v) is 11.1. The van der Waals surface area contributed by atoms with Gasteiger partial charge in [0, 0.05) is 52.2 Å². The summed E-state index contributed by atoms with van der Waals surface area (Å²) in [6.45, 7) is 9.85. The van der Waals surface area contributed by atoms with Gasteiger partial charge in [-0.05, 0) is 48.7 Å². The number of hydrogen-bond donors (Lipinski definition) is 1. The summed E-state index contributed by atoms with van der Waals surface area (Å²) in [5.41, 5.74) is 2.41. The minimum atomic E-state index is 0.176. The number of methoxy groups -OCH3 is 1. The van der Waals surface area contributed by atoms with Crippen molar-refractivity contribution in [2.75, 3.05) is 46.4 Å². The van der Waals surface area contributed by atoms with Crippen LogP contribution in [0.2, 0.25) is 0 Å². The monoisotopic (exact) mass is 425 g/mol. The first-order chi connectivity index (χ1) is 15.0. The molecule has 0 saturated carbocycles. The zero-order valence-electron chi connectivity index (χ0n) is 19.0. The zero-order chi connectivity index (χ0) is 22.1. The van der Waals surface area contributed by atoms with E-state index in [1.54, 1.807) is 14.0 Å². The summed E-state index contributed by atoms with van der Waals surface area (Å²) < 4.78 is 11.3. The van der Waals surface area contributed by atoms with Crippen LogP contribution in [0.4, 0.5) is 0 Å². The van der Waals surface area contributed by atoms with Crippen LogP contribution in [0, 0.1) is 0 Å². The summed E-state index contributed by atoms with van der Waals surface area (Å²) in [6, 6.07) is 16.7. The lowest BCUT2D eigenvalue weighted by molar-refractivity contribution is -0.130. The molecule has 1 N–H and O–H groups in total. The number of piperazine rings is 1. The molecule has 2 aromatic carbocycles. The van der Waals surface area contributed by atoms with Crippen molar-refractivity contribution < 1.29 is 14.3 Å². The van der Waals surface area contributed by atoms with Gasteiger partial charge in [0.25, 0.3) is 0 Å². The maximum atomic E-state index is 11.4. The minimum Gasteiger partial charge on any atom is -0.497 e. The molecule has 0 bridgehead atoms. The molecule has 168 valence electrons. The van der Waals surface area contributed by atoms with Crippen LogP contribution in [0.5, 0.6) is 11.5 Å². The largest absolute Gasteiger partial charge is 0.497 e. The van der Waals surface area contributed by atoms with E-state index in [0.29, 0.717) is 6.61 Å². The molecule has 0 aliphatic carbocycles. The Kier molecular flexibility index (Phi) is 8.74. The molecule has 1 saturated heterocycles. The van der Waals surface area contributed by atoms with Crippen LogP contribution in [-0.4, -0.2) is 62.1 Å². The van der Waals surface area contributed by atoms with E-state index in [9.17, 15) is 4.79 Å². The van der Waals surface area contributed by atoms with E-state index in [1.165, 1.54) is 11.1 Å². The first kappa shape index (κ1) is 23.1. The third-order valence-electron chi connectivity index (χ3n) is 5.81. The van der Waals surface area contributed by atoms with Crippen molar-refractivity contribution in [1.29, 1.82) is 0 Å². The molecular weight excluding hydrogens is 390 g/mol. The molecular formula is C25H35N3O3. The Balaban J connectivity index is 1.38. The van der Waals surface area contributed by atoms with E-state index in [2.05, 4.69) is 41.4 Å². The Hall–Kier alpha value is -2.57. The highest BCUT2D eigenvalue weighted by Gasteiger charge is 2.17. The quantitative estimate of drug-likeness (QED) is 0.591. The number of rotatable bonds is 10. The molecule has 0 radical (unpaired) electrons. The average molecular weight is 426 g/mol. The molecule has 1 aliphatic heterocycles. The predicted molar refractivity (Wildman–Crippen MR) is 123 cm³/mol. The number of benzene rings is 2. The predicted octanol–water partition coefficient (Wildman–Crippen LogP) is 3.48. The Morgan fingerprint density at radius 3 is 2.55 bits per heavy atom. The van der Waals surface area contributed by atoms with Crippen LogP contribution in [0.3, 0.4) is 0 Å². The zero-order valence-corrected chi connectivity index (χ0v) is 19.0. The molecule has 31 heavy (non-hydrogen) atoms. The molecule has 3 rings (SSSR count). The molecule has 6 nitrogen and oxygen atoms in total. The van der Waals surface area contributed by atoms with Gasteiger partial charge < -0.3 is 19.7 Å². The van der Waals surface area contributed by atoms with Gasteiger partial charge in [0.1, 0.15) is 11.5 Å². The van der Waals surface area contributed by atoms with Crippen LogP contribution >= 0.6 is 0 Å². The molecule has 1 fully saturated rings. The average Bonchev–Trinajstić information content (AvgIpc) is 2.81. The van der Waals surface area contributed by atoms with Gasteiger partial charge >= 0.3 is 0 Å². The lowest BCUT2D eigenvalue weighted by Gasteiger charge is -2.34. The topological polar surface area (TPSA) is 54.0 Å². The Morgan fingerprint density at radius 1 is 1.06 bits per heavy atom. The fourth-order valence-electron chi connectivity index (χ4n) is 3.81. The lowest BCUT2D eigenvalue weighted by Crippen LogP contribution is -2.48. The Morgan fingerprint density at radius 2 is 1.81 bits per heavy atom. The van der Waals surface area contributed by atoms with Crippen molar-refractivity contribution in [2.24, 2.45) is 0 Å². The molecule has 0 unspecified atom stereocenters. The fraction of sp³-hybridized carbons (Fsp3) is 0.480. The van der Waals surface area contributed by atoms with E-state index in [-0.39, 0.29) is 11.9 Å². The maximum absolute atomic E-state index is 11.4. The second-order valence-electron chi connectivity index (χ2n) is 8.08. The first-order valence-electron chi connectivity index (χ1n) is 11.1. The third-order valence-corrected chi connectivity index (χ3v) is 5.81. The van der Waals surface area contributed by atoms with Gasteiger partial charge in [-0.2, -0.15) is 0 Å². The van der Waals surface area contributed by atoms with Crippen molar-refractivity contribution in [1.82, 2.24) is 15.1 Å².